The third kappa shape index (κ3) is 2.60. The lowest BCUT2D eigenvalue weighted by Gasteiger charge is -2.25. The maximum Gasteiger partial charge on any atom is 0.309 e. The molecular formula is C12H18O5. The fraction of sp³-hybridized carbons (Fsp3) is 0.833. The molecule has 0 radical (unpaired) electrons. The molecule has 1 aliphatic heterocycles. The Morgan fingerprint density at radius 3 is 1.76 bits per heavy atom. The van der Waals surface area contributed by atoms with E-state index in [0.717, 1.165) is 0 Å². The van der Waals surface area contributed by atoms with Crippen molar-refractivity contribution < 1.29 is 23.8 Å². The van der Waals surface area contributed by atoms with Gasteiger partial charge in [0.1, 0.15) is 0 Å². The molecular weight excluding hydrogens is 224 g/mol. The van der Waals surface area contributed by atoms with Gasteiger partial charge in [0.05, 0.1) is 37.3 Å². The van der Waals surface area contributed by atoms with Crippen molar-refractivity contribution in [3.8, 4) is 0 Å². The molecule has 0 aromatic heterocycles. The van der Waals surface area contributed by atoms with Crippen LogP contribution in [0.1, 0.15) is 26.7 Å². The fourth-order valence-corrected chi connectivity index (χ4v) is 2.44. The smallest absolute Gasteiger partial charge is 0.309 e. The van der Waals surface area contributed by atoms with E-state index in [9.17, 15) is 9.59 Å². The summed E-state index contributed by atoms with van der Waals surface area (Å²) in [6.07, 6.45) is 1.42. The van der Waals surface area contributed by atoms with Gasteiger partial charge in [-0.25, -0.2) is 0 Å². The Morgan fingerprint density at radius 1 is 1.00 bits per heavy atom. The number of hydrogen-bond acceptors (Lipinski definition) is 5. The number of carbonyl (C=O) groups excluding carboxylic acids is 2. The number of fused-ring (bicyclic) bond motifs is 1. The zero-order chi connectivity index (χ0) is 12.4. The molecule has 2 fully saturated rings. The molecule has 1 heterocycles. The molecule has 2 aliphatic rings. The van der Waals surface area contributed by atoms with Crippen molar-refractivity contribution in [1.82, 2.24) is 0 Å². The Balaban J connectivity index is 2.03. The molecule has 4 atom stereocenters. The van der Waals surface area contributed by atoms with Crippen LogP contribution in [-0.4, -0.2) is 37.4 Å². The molecule has 1 aliphatic carbocycles. The molecule has 1 saturated carbocycles. The Labute approximate surface area is 100 Å². The van der Waals surface area contributed by atoms with Crippen molar-refractivity contribution >= 4 is 11.9 Å². The van der Waals surface area contributed by atoms with Crippen LogP contribution in [0.25, 0.3) is 0 Å². The summed E-state index contributed by atoms with van der Waals surface area (Å²) >= 11 is 0. The predicted molar refractivity (Wildman–Crippen MR) is 58.1 cm³/mol. The maximum atomic E-state index is 11.8. The van der Waals surface area contributed by atoms with Crippen molar-refractivity contribution in [2.45, 2.75) is 38.9 Å². The number of ether oxygens (including phenoxy) is 3. The van der Waals surface area contributed by atoms with Gasteiger partial charge in [0, 0.05) is 0 Å². The molecule has 96 valence electrons. The highest BCUT2D eigenvalue weighted by Gasteiger charge is 2.53. The van der Waals surface area contributed by atoms with E-state index in [-0.39, 0.29) is 24.1 Å². The van der Waals surface area contributed by atoms with Gasteiger partial charge in [-0.15, -0.1) is 0 Å². The average Bonchev–Trinajstić information content (AvgIpc) is 3.06. The topological polar surface area (TPSA) is 65.1 Å². The predicted octanol–water partition coefficient (Wildman–Crippen LogP) is 0.906. The van der Waals surface area contributed by atoms with Crippen molar-refractivity contribution in [1.29, 1.82) is 0 Å². The first kappa shape index (κ1) is 12.4. The Morgan fingerprint density at radius 2 is 1.41 bits per heavy atom. The van der Waals surface area contributed by atoms with Crippen molar-refractivity contribution in [3.63, 3.8) is 0 Å². The summed E-state index contributed by atoms with van der Waals surface area (Å²) in [6.45, 7) is 4.19. The van der Waals surface area contributed by atoms with Crippen LogP contribution in [-0.2, 0) is 23.8 Å². The molecule has 0 unspecified atom stereocenters. The summed E-state index contributed by atoms with van der Waals surface area (Å²) in [4.78, 5) is 23.6. The minimum atomic E-state index is -0.405. The van der Waals surface area contributed by atoms with Gasteiger partial charge in [-0.05, 0) is 26.7 Å². The molecule has 1 saturated heterocycles. The number of esters is 2. The largest absolute Gasteiger partial charge is 0.466 e. The molecule has 0 bridgehead atoms. The van der Waals surface area contributed by atoms with Gasteiger partial charge in [-0.2, -0.15) is 0 Å². The Bertz CT molecular complexity index is 284. The van der Waals surface area contributed by atoms with Crippen LogP contribution in [0.15, 0.2) is 0 Å². The van der Waals surface area contributed by atoms with Crippen molar-refractivity contribution in [2.75, 3.05) is 13.2 Å². The number of hydrogen-bond donors (Lipinski definition) is 0. The lowest BCUT2D eigenvalue weighted by molar-refractivity contribution is -0.161. The van der Waals surface area contributed by atoms with E-state index < -0.39 is 11.8 Å². The zero-order valence-corrected chi connectivity index (χ0v) is 10.2. The van der Waals surface area contributed by atoms with Crippen LogP contribution in [0.5, 0.6) is 0 Å². The molecule has 2 rings (SSSR count). The third-order valence-electron chi connectivity index (χ3n) is 3.32. The summed E-state index contributed by atoms with van der Waals surface area (Å²) in [5, 5.41) is 0. The minimum absolute atomic E-state index is 0.134. The van der Waals surface area contributed by atoms with Crippen molar-refractivity contribution in [2.24, 2.45) is 11.8 Å². The van der Waals surface area contributed by atoms with Crippen LogP contribution < -0.4 is 0 Å². The highest BCUT2D eigenvalue weighted by Crippen LogP contribution is 2.43. The lowest BCUT2D eigenvalue weighted by Crippen LogP contribution is -2.37. The first-order valence-corrected chi connectivity index (χ1v) is 6.16. The van der Waals surface area contributed by atoms with E-state index in [1.165, 1.54) is 0 Å². The van der Waals surface area contributed by atoms with Gasteiger partial charge < -0.3 is 14.2 Å². The molecule has 0 amide bonds. The van der Waals surface area contributed by atoms with Gasteiger partial charge in [-0.1, -0.05) is 0 Å². The highest BCUT2D eigenvalue weighted by atomic mass is 16.6. The van der Waals surface area contributed by atoms with Gasteiger partial charge >= 0.3 is 11.9 Å². The number of rotatable bonds is 4. The summed E-state index contributed by atoms with van der Waals surface area (Å²) < 4.78 is 15.4. The maximum absolute atomic E-state index is 11.8. The van der Waals surface area contributed by atoms with Crippen LogP contribution in [0.2, 0.25) is 0 Å². The van der Waals surface area contributed by atoms with Crippen LogP contribution >= 0.6 is 0 Å². The highest BCUT2D eigenvalue weighted by molar-refractivity contribution is 5.82. The van der Waals surface area contributed by atoms with Crippen LogP contribution in [0.4, 0.5) is 0 Å². The van der Waals surface area contributed by atoms with Gasteiger partial charge in [0.25, 0.3) is 0 Å². The molecule has 0 aromatic rings. The Kier molecular flexibility index (Phi) is 3.66. The second kappa shape index (κ2) is 5.04. The van der Waals surface area contributed by atoms with E-state index in [1.807, 2.05) is 0 Å². The Hall–Kier alpha value is -1.10. The van der Waals surface area contributed by atoms with E-state index >= 15 is 0 Å². The molecule has 5 nitrogen and oxygen atoms in total. The van der Waals surface area contributed by atoms with E-state index in [4.69, 9.17) is 14.2 Å². The van der Waals surface area contributed by atoms with Crippen molar-refractivity contribution in [3.05, 3.63) is 0 Å². The fourth-order valence-electron chi connectivity index (χ4n) is 2.44. The first-order valence-electron chi connectivity index (χ1n) is 6.16. The van der Waals surface area contributed by atoms with E-state index in [0.29, 0.717) is 26.1 Å². The monoisotopic (exact) mass is 242 g/mol. The first-order chi connectivity index (χ1) is 8.17. The quantitative estimate of drug-likeness (QED) is 0.541. The summed E-state index contributed by atoms with van der Waals surface area (Å²) in [5.74, 6) is -1.42. The third-order valence-corrected chi connectivity index (χ3v) is 3.32. The SMILES string of the molecule is CCOC(=O)[C@@H]1C[C@@H]2O[C@@H]2C[C@H]1C(=O)OCC. The van der Waals surface area contributed by atoms with Gasteiger partial charge in [0.2, 0.25) is 0 Å². The molecule has 0 spiro atoms. The standard InChI is InChI=1S/C12H18O5/c1-3-15-11(13)7-5-9-10(17-9)6-8(7)12(14)16-4-2/h7-10H,3-6H2,1-2H3/t7-,8-,9-,10+/m1/s1. The lowest BCUT2D eigenvalue weighted by atomic mass is 9.79. The molecule has 0 N–H and O–H groups in total. The number of carbonyl (C=O) groups is 2. The van der Waals surface area contributed by atoms with Gasteiger partial charge in [-0.3, -0.25) is 9.59 Å². The number of epoxide rings is 1. The molecule has 17 heavy (non-hydrogen) atoms. The minimum Gasteiger partial charge on any atom is -0.466 e. The second-order valence-corrected chi connectivity index (χ2v) is 4.40. The van der Waals surface area contributed by atoms with E-state index in [2.05, 4.69) is 0 Å². The summed E-state index contributed by atoms with van der Waals surface area (Å²) in [7, 11) is 0. The molecule has 5 heteroatoms. The normalized spacial score (nSPS) is 34.7. The van der Waals surface area contributed by atoms with Gasteiger partial charge in [0.15, 0.2) is 0 Å². The van der Waals surface area contributed by atoms with Crippen LogP contribution in [0, 0.1) is 11.8 Å². The molecule has 0 aromatic carbocycles. The zero-order valence-electron chi connectivity index (χ0n) is 10.2. The van der Waals surface area contributed by atoms with E-state index in [1.54, 1.807) is 13.8 Å². The summed E-state index contributed by atoms with van der Waals surface area (Å²) in [6, 6.07) is 0. The summed E-state index contributed by atoms with van der Waals surface area (Å²) in [5.41, 5.74) is 0. The average molecular weight is 242 g/mol. The second-order valence-electron chi connectivity index (χ2n) is 4.40. The van der Waals surface area contributed by atoms with Crippen LogP contribution in [0.3, 0.4) is 0 Å².